The Balaban J connectivity index is 0.000000199. The smallest absolute Gasteiger partial charge is 0.162 e. The molecule has 2 aliphatic rings. The highest BCUT2D eigenvalue weighted by Gasteiger charge is 2.19. The number of aliphatic imine (C=N–C) groups is 1. The van der Waals surface area contributed by atoms with Gasteiger partial charge in [0.15, 0.2) is 6.17 Å². The number of imidazole rings is 1. The molecule has 0 bridgehead atoms. The van der Waals surface area contributed by atoms with Crippen LogP contribution in [0, 0.1) is 17.2 Å². The molecule has 2 aliphatic heterocycles. The molecule has 0 radical (unpaired) electrons. The lowest BCUT2D eigenvalue weighted by Gasteiger charge is -2.28. The van der Waals surface area contributed by atoms with Gasteiger partial charge in [-0.3, -0.25) is 9.39 Å². The lowest BCUT2D eigenvalue weighted by molar-refractivity contribution is 0.299. The first-order valence-electron chi connectivity index (χ1n) is 10.2. The Kier molecular flexibility index (Phi) is 7.60. The second kappa shape index (κ2) is 10.4. The van der Waals surface area contributed by atoms with Crippen molar-refractivity contribution < 1.29 is 4.21 Å². The van der Waals surface area contributed by atoms with Crippen LogP contribution in [0.3, 0.4) is 0 Å². The van der Waals surface area contributed by atoms with Gasteiger partial charge in [-0.1, -0.05) is 13.8 Å². The summed E-state index contributed by atoms with van der Waals surface area (Å²) in [5, 5.41) is 15.3. The number of rotatable bonds is 4. The molecule has 0 amide bonds. The van der Waals surface area contributed by atoms with Crippen LogP contribution in [0.4, 0.5) is 0 Å². The van der Waals surface area contributed by atoms with Gasteiger partial charge in [0.1, 0.15) is 17.5 Å². The molecule has 2 N–H and O–H groups in total. The SMILES string of the molecule is CCS(=O)N1CCC(C)CC1.CNC1=CC=NC(c2cnc3ccc(C#N)cn23)N1. The molecule has 2 unspecified atom stereocenters. The Hall–Kier alpha value is -2.70. The van der Waals surface area contributed by atoms with Crippen LogP contribution in [0.2, 0.25) is 0 Å². The van der Waals surface area contributed by atoms with Crippen molar-refractivity contribution in [2.75, 3.05) is 25.9 Å². The minimum atomic E-state index is -0.695. The summed E-state index contributed by atoms with van der Waals surface area (Å²) in [5.41, 5.74) is 2.28. The zero-order chi connectivity index (χ0) is 21.5. The second-order valence-corrected chi connectivity index (χ2v) is 9.07. The molecule has 0 aromatic carbocycles. The predicted octanol–water partition coefficient (Wildman–Crippen LogP) is 2.34. The maximum Gasteiger partial charge on any atom is 0.162 e. The number of allylic oxidation sites excluding steroid dienone is 1. The van der Waals surface area contributed by atoms with E-state index in [1.807, 2.05) is 30.5 Å². The summed E-state index contributed by atoms with van der Waals surface area (Å²) in [7, 11) is 1.15. The largest absolute Gasteiger partial charge is 0.375 e. The summed E-state index contributed by atoms with van der Waals surface area (Å²) in [6.07, 6.45) is 9.37. The lowest BCUT2D eigenvalue weighted by atomic mass is 10.0. The van der Waals surface area contributed by atoms with Crippen LogP contribution in [0.5, 0.6) is 0 Å². The fourth-order valence-corrected chi connectivity index (χ4v) is 4.36. The third kappa shape index (κ3) is 5.26. The van der Waals surface area contributed by atoms with Crippen molar-refractivity contribution in [3.05, 3.63) is 47.7 Å². The maximum atomic E-state index is 11.3. The van der Waals surface area contributed by atoms with E-state index in [1.165, 1.54) is 12.8 Å². The van der Waals surface area contributed by atoms with Crippen LogP contribution >= 0.6 is 0 Å². The average molecular weight is 428 g/mol. The fourth-order valence-electron chi connectivity index (χ4n) is 3.38. The highest BCUT2D eigenvalue weighted by Crippen LogP contribution is 2.19. The third-order valence-electron chi connectivity index (χ3n) is 5.26. The van der Waals surface area contributed by atoms with Crippen LogP contribution in [-0.2, 0) is 11.0 Å². The molecule has 1 saturated heterocycles. The molecule has 30 heavy (non-hydrogen) atoms. The molecule has 2 aromatic heterocycles. The fraction of sp³-hybridized carbons (Fsp3) is 0.476. The molecule has 2 aromatic rings. The molecule has 2 atom stereocenters. The summed E-state index contributed by atoms with van der Waals surface area (Å²) in [4.78, 5) is 8.70. The van der Waals surface area contributed by atoms with Gasteiger partial charge in [0.2, 0.25) is 0 Å². The Morgan fingerprint density at radius 1 is 1.37 bits per heavy atom. The third-order valence-corrected chi connectivity index (χ3v) is 6.69. The van der Waals surface area contributed by atoms with E-state index in [0.717, 1.165) is 41.9 Å². The highest BCUT2D eigenvalue weighted by molar-refractivity contribution is 7.82. The van der Waals surface area contributed by atoms with Gasteiger partial charge in [0.25, 0.3) is 0 Å². The Morgan fingerprint density at radius 3 is 2.80 bits per heavy atom. The zero-order valence-corrected chi connectivity index (χ0v) is 18.5. The van der Waals surface area contributed by atoms with Crippen molar-refractivity contribution in [1.82, 2.24) is 24.3 Å². The standard InChI is InChI=1S/C13H12N6.C8H17NOS/c1-15-11-4-5-16-13(18-11)10-7-17-12-3-2-9(6-14)8-19(10)12;1-3-11(10)9-6-4-8(2)5-7-9/h2-5,7-8,13,15,18H,1H3;8H,3-7H2,1-2H3. The minimum Gasteiger partial charge on any atom is -0.375 e. The molecule has 8 nitrogen and oxygen atoms in total. The maximum absolute atomic E-state index is 11.3. The summed E-state index contributed by atoms with van der Waals surface area (Å²) in [6, 6.07) is 5.70. The number of hydrogen-bond acceptors (Lipinski definition) is 6. The molecule has 0 saturated carbocycles. The molecule has 0 aliphatic carbocycles. The van der Waals surface area contributed by atoms with Crippen LogP contribution < -0.4 is 10.6 Å². The minimum absolute atomic E-state index is 0.212. The molecule has 160 valence electrons. The number of pyridine rings is 1. The quantitative estimate of drug-likeness (QED) is 0.781. The predicted molar refractivity (Wildman–Crippen MR) is 120 cm³/mol. The number of nitrogens with zero attached hydrogens (tertiary/aromatic N) is 5. The Bertz CT molecular complexity index is 983. The summed E-state index contributed by atoms with van der Waals surface area (Å²) in [6.45, 7) is 6.31. The molecule has 9 heteroatoms. The van der Waals surface area contributed by atoms with Crippen molar-refractivity contribution in [3.8, 4) is 6.07 Å². The van der Waals surface area contributed by atoms with E-state index in [2.05, 4.69) is 37.9 Å². The first-order chi connectivity index (χ1) is 14.5. The number of nitriles is 1. The van der Waals surface area contributed by atoms with Crippen molar-refractivity contribution in [2.45, 2.75) is 32.9 Å². The number of piperidine rings is 1. The molecule has 1 fully saturated rings. The van der Waals surface area contributed by atoms with E-state index in [9.17, 15) is 4.21 Å². The van der Waals surface area contributed by atoms with E-state index in [-0.39, 0.29) is 6.17 Å². The van der Waals surface area contributed by atoms with Crippen LogP contribution in [0.15, 0.2) is 41.4 Å². The van der Waals surface area contributed by atoms with Gasteiger partial charge < -0.3 is 10.6 Å². The number of aromatic nitrogens is 2. The zero-order valence-electron chi connectivity index (χ0n) is 17.7. The van der Waals surface area contributed by atoms with Crippen LogP contribution in [0.1, 0.15) is 44.1 Å². The average Bonchev–Trinajstić information content (AvgIpc) is 3.22. The summed E-state index contributed by atoms with van der Waals surface area (Å²) >= 11 is 0. The topological polar surface area (TPSA) is 97.8 Å². The van der Waals surface area contributed by atoms with Gasteiger partial charge in [-0.25, -0.2) is 13.5 Å². The number of fused-ring (bicyclic) bond motifs is 1. The first kappa shape index (κ1) is 22.0. The van der Waals surface area contributed by atoms with E-state index < -0.39 is 11.0 Å². The van der Waals surface area contributed by atoms with Crippen molar-refractivity contribution in [2.24, 2.45) is 10.9 Å². The van der Waals surface area contributed by atoms with Gasteiger partial charge in [-0.15, -0.1) is 0 Å². The Labute approximate surface area is 180 Å². The summed E-state index contributed by atoms with van der Waals surface area (Å²) in [5.74, 6) is 2.50. The van der Waals surface area contributed by atoms with Crippen molar-refractivity contribution >= 4 is 22.8 Å². The van der Waals surface area contributed by atoms with Crippen LogP contribution in [-0.4, -0.2) is 50.0 Å². The molecule has 4 heterocycles. The van der Waals surface area contributed by atoms with Crippen molar-refractivity contribution in [1.29, 1.82) is 5.26 Å². The number of hydrogen-bond donors (Lipinski definition) is 2. The molecule has 0 spiro atoms. The lowest BCUT2D eigenvalue weighted by Crippen LogP contribution is -2.35. The van der Waals surface area contributed by atoms with E-state index in [1.54, 1.807) is 24.7 Å². The van der Waals surface area contributed by atoms with E-state index in [4.69, 9.17) is 5.26 Å². The number of nitrogens with one attached hydrogen (secondary N) is 2. The van der Waals surface area contributed by atoms with E-state index in [0.29, 0.717) is 5.56 Å². The van der Waals surface area contributed by atoms with Gasteiger partial charge in [0.05, 0.1) is 28.4 Å². The van der Waals surface area contributed by atoms with Crippen molar-refractivity contribution in [3.63, 3.8) is 0 Å². The summed E-state index contributed by atoms with van der Waals surface area (Å²) < 4.78 is 15.3. The molecule has 4 rings (SSSR count). The molecular weight excluding hydrogens is 398 g/mol. The van der Waals surface area contributed by atoms with Gasteiger partial charge >= 0.3 is 0 Å². The first-order valence-corrected chi connectivity index (χ1v) is 11.5. The van der Waals surface area contributed by atoms with E-state index >= 15 is 0 Å². The Morgan fingerprint density at radius 2 is 2.13 bits per heavy atom. The highest BCUT2D eigenvalue weighted by atomic mass is 32.2. The van der Waals surface area contributed by atoms with Gasteiger partial charge in [-0.2, -0.15) is 5.26 Å². The molecular formula is C21H29N7OS. The van der Waals surface area contributed by atoms with Gasteiger partial charge in [0, 0.05) is 38.3 Å². The second-order valence-electron chi connectivity index (χ2n) is 7.34. The van der Waals surface area contributed by atoms with Crippen LogP contribution in [0.25, 0.3) is 5.65 Å². The monoisotopic (exact) mass is 427 g/mol. The van der Waals surface area contributed by atoms with Gasteiger partial charge in [-0.05, 0) is 37.0 Å². The normalized spacial score (nSPS) is 20.5.